The Morgan fingerprint density at radius 1 is 1.26 bits per heavy atom. The van der Waals surface area contributed by atoms with Crippen molar-refractivity contribution in [1.29, 1.82) is 0 Å². The Hall–Kier alpha value is -2.73. The fraction of sp³-hybridized carbons (Fsp3) is 0.250. The van der Waals surface area contributed by atoms with Crippen molar-refractivity contribution in [3.05, 3.63) is 64.2 Å². The molecule has 27 heavy (non-hydrogen) atoms. The average Bonchev–Trinajstić information content (AvgIpc) is 2.58. The highest BCUT2D eigenvalue weighted by Gasteiger charge is 2.31. The van der Waals surface area contributed by atoms with Gasteiger partial charge in [0.15, 0.2) is 11.6 Å². The third-order valence-corrected chi connectivity index (χ3v) is 4.92. The van der Waals surface area contributed by atoms with Gasteiger partial charge in [-0.2, -0.15) is 0 Å². The summed E-state index contributed by atoms with van der Waals surface area (Å²) in [6.45, 7) is 4.97. The number of carbonyl (C=O) groups is 1. The molecule has 2 aromatic heterocycles. The Bertz CT molecular complexity index is 1050. The van der Waals surface area contributed by atoms with E-state index in [4.69, 9.17) is 11.6 Å². The molecule has 0 spiro atoms. The number of aryl methyl sites for hydroxylation is 2. The number of hydrogen-bond donors (Lipinski definition) is 1. The molecule has 5 nitrogen and oxygen atoms in total. The van der Waals surface area contributed by atoms with Gasteiger partial charge in [0, 0.05) is 35.9 Å². The second-order valence-electron chi connectivity index (χ2n) is 6.85. The largest absolute Gasteiger partial charge is 0.350 e. The van der Waals surface area contributed by atoms with Gasteiger partial charge in [0.05, 0.1) is 16.6 Å². The number of rotatable bonds is 3. The van der Waals surface area contributed by atoms with Crippen LogP contribution in [-0.4, -0.2) is 35.0 Å². The molecule has 0 bridgehead atoms. The molecule has 3 aromatic rings. The molecule has 0 atom stereocenters. The molecule has 1 N–H and O–H groups in total. The summed E-state index contributed by atoms with van der Waals surface area (Å²) in [4.78, 5) is 22.9. The van der Waals surface area contributed by atoms with Gasteiger partial charge in [-0.1, -0.05) is 11.6 Å². The van der Waals surface area contributed by atoms with Crippen molar-refractivity contribution in [2.45, 2.75) is 19.9 Å². The molecule has 1 aromatic carbocycles. The number of halogens is 2. The minimum atomic E-state index is -0.458. The fourth-order valence-corrected chi connectivity index (χ4v) is 3.50. The Kier molecular flexibility index (Phi) is 4.44. The molecule has 0 aliphatic carbocycles. The normalized spacial score (nSPS) is 14.3. The molecular weight excluding hydrogens is 367 g/mol. The van der Waals surface area contributed by atoms with E-state index >= 15 is 0 Å². The van der Waals surface area contributed by atoms with Gasteiger partial charge in [-0.05, 0) is 49.7 Å². The minimum Gasteiger partial charge on any atom is -0.350 e. The zero-order chi connectivity index (χ0) is 19.1. The number of carbonyl (C=O) groups excluding carboxylic acids is 1. The van der Waals surface area contributed by atoms with E-state index in [0.717, 1.165) is 22.2 Å². The second kappa shape index (κ2) is 6.78. The third-order valence-electron chi connectivity index (χ3n) is 4.71. The Balaban J connectivity index is 1.44. The van der Waals surface area contributed by atoms with Gasteiger partial charge >= 0.3 is 0 Å². The topological polar surface area (TPSA) is 58.1 Å². The van der Waals surface area contributed by atoms with E-state index in [1.54, 1.807) is 11.0 Å². The van der Waals surface area contributed by atoms with Gasteiger partial charge in [-0.25, -0.2) is 9.37 Å². The van der Waals surface area contributed by atoms with Gasteiger partial charge in [0.2, 0.25) is 0 Å². The first-order chi connectivity index (χ1) is 12.9. The fourth-order valence-electron chi connectivity index (χ4n) is 3.36. The van der Waals surface area contributed by atoms with E-state index in [-0.39, 0.29) is 22.8 Å². The molecular formula is C20H18ClFN4O. The maximum absolute atomic E-state index is 13.9. The van der Waals surface area contributed by atoms with Crippen LogP contribution in [0.1, 0.15) is 21.6 Å². The van der Waals surface area contributed by atoms with Crippen LogP contribution in [0.25, 0.3) is 10.9 Å². The van der Waals surface area contributed by atoms with Crippen molar-refractivity contribution < 1.29 is 9.18 Å². The third kappa shape index (κ3) is 3.45. The van der Waals surface area contributed by atoms with Crippen LogP contribution in [-0.2, 0) is 0 Å². The number of benzene rings is 1. The number of anilines is 1. The van der Waals surface area contributed by atoms with Crippen LogP contribution in [0.4, 0.5) is 10.2 Å². The first-order valence-corrected chi connectivity index (χ1v) is 9.03. The number of fused-ring (bicyclic) bond motifs is 1. The van der Waals surface area contributed by atoms with Crippen LogP contribution in [0.3, 0.4) is 0 Å². The van der Waals surface area contributed by atoms with Crippen LogP contribution >= 0.6 is 11.6 Å². The summed E-state index contributed by atoms with van der Waals surface area (Å²) in [5.41, 5.74) is 3.51. The number of amides is 1. The molecule has 0 unspecified atom stereocenters. The molecule has 1 amide bonds. The summed E-state index contributed by atoms with van der Waals surface area (Å²) in [7, 11) is 0. The molecule has 1 fully saturated rings. The van der Waals surface area contributed by atoms with Crippen molar-refractivity contribution in [1.82, 2.24) is 15.3 Å². The highest BCUT2D eigenvalue weighted by atomic mass is 35.5. The summed E-state index contributed by atoms with van der Waals surface area (Å²) in [6.07, 6.45) is 1.42. The lowest BCUT2D eigenvalue weighted by molar-refractivity contribution is 0.0930. The van der Waals surface area contributed by atoms with Crippen molar-refractivity contribution in [3.63, 3.8) is 0 Å². The number of nitrogens with one attached hydrogen (secondary N) is 1. The smallest absolute Gasteiger partial charge is 0.251 e. The molecule has 7 heteroatoms. The van der Waals surface area contributed by atoms with E-state index in [1.165, 1.54) is 12.3 Å². The quantitative estimate of drug-likeness (QED) is 0.748. The number of pyridine rings is 2. The highest BCUT2D eigenvalue weighted by Crippen LogP contribution is 2.24. The average molecular weight is 385 g/mol. The summed E-state index contributed by atoms with van der Waals surface area (Å²) < 4.78 is 13.9. The van der Waals surface area contributed by atoms with Gasteiger partial charge in [-0.15, -0.1) is 0 Å². The van der Waals surface area contributed by atoms with E-state index in [9.17, 15) is 9.18 Å². The zero-order valence-corrected chi connectivity index (χ0v) is 15.7. The SMILES string of the molecule is Cc1cc(C)c2cc(C(=O)NC3CN(c4ncc(Cl)cc4F)C3)ccc2n1. The molecule has 1 aliphatic rings. The van der Waals surface area contributed by atoms with Crippen molar-refractivity contribution in [2.75, 3.05) is 18.0 Å². The standard InChI is InChI=1S/C20H18ClFN4O/c1-11-5-12(2)24-18-4-3-13(6-16(11)18)20(27)25-15-9-26(10-15)19-17(22)7-14(21)8-23-19/h3-8,15H,9-10H2,1-2H3,(H,25,27). The highest BCUT2D eigenvalue weighted by molar-refractivity contribution is 6.30. The molecule has 3 heterocycles. The minimum absolute atomic E-state index is 0.0534. The van der Waals surface area contributed by atoms with E-state index < -0.39 is 5.82 Å². The molecule has 4 rings (SSSR count). The lowest BCUT2D eigenvalue weighted by atomic mass is 10.0. The van der Waals surface area contributed by atoms with Crippen molar-refractivity contribution >= 4 is 34.2 Å². The lowest BCUT2D eigenvalue weighted by Gasteiger charge is -2.40. The summed E-state index contributed by atoms with van der Waals surface area (Å²) in [5.74, 6) is -0.348. The monoisotopic (exact) mass is 384 g/mol. The number of aromatic nitrogens is 2. The number of nitrogens with zero attached hydrogens (tertiary/aromatic N) is 3. The van der Waals surface area contributed by atoms with E-state index in [0.29, 0.717) is 18.7 Å². The maximum Gasteiger partial charge on any atom is 0.251 e. The second-order valence-corrected chi connectivity index (χ2v) is 7.28. The molecule has 1 saturated heterocycles. The van der Waals surface area contributed by atoms with Crippen LogP contribution in [0.5, 0.6) is 0 Å². The van der Waals surface area contributed by atoms with Crippen molar-refractivity contribution in [3.8, 4) is 0 Å². The van der Waals surface area contributed by atoms with Gasteiger partial charge < -0.3 is 10.2 Å². The Morgan fingerprint density at radius 2 is 2.04 bits per heavy atom. The maximum atomic E-state index is 13.9. The van der Waals surface area contributed by atoms with Gasteiger partial charge in [-0.3, -0.25) is 9.78 Å². The summed E-state index contributed by atoms with van der Waals surface area (Å²) in [5, 5.41) is 4.21. The van der Waals surface area contributed by atoms with Gasteiger partial charge in [0.1, 0.15) is 0 Å². The van der Waals surface area contributed by atoms with Crippen LogP contribution in [0.2, 0.25) is 5.02 Å². The van der Waals surface area contributed by atoms with Crippen LogP contribution < -0.4 is 10.2 Å². The molecule has 0 radical (unpaired) electrons. The predicted octanol–water partition coefficient (Wildman–Crippen LogP) is 3.66. The van der Waals surface area contributed by atoms with Crippen LogP contribution in [0.15, 0.2) is 36.5 Å². The first-order valence-electron chi connectivity index (χ1n) is 8.65. The van der Waals surface area contributed by atoms with Crippen molar-refractivity contribution in [2.24, 2.45) is 0 Å². The first kappa shape index (κ1) is 17.7. The lowest BCUT2D eigenvalue weighted by Crippen LogP contribution is -2.60. The van der Waals surface area contributed by atoms with E-state index in [2.05, 4.69) is 15.3 Å². The van der Waals surface area contributed by atoms with E-state index in [1.807, 2.05) is 32.0 Å². The zero-order valence-electron chi connectivity index (χ0n) is 15.0. The summed E-state index contributed by atoms with van der Waals surface area (Å²) in [6, 6.07) is 8.70. The van der Waals surface area contributed by atoms with Gasteiger partial charge in [0.25, 0.3) is 5.91 Å². The molecule has 0 saturated carbocycles. The predicted molar refractivity (Wildman–Crippen MR) is 104 cm³/mol. The molecule has 138 valence electrons. The molecule has 1 aliphatic heterocycles. The Morgan fingerprint density at radius 3 is 2.78 bits per heavy atom. The Labute approximate surface area is 161 Å². The summed E-state index contributed by atoms with van der Waals surface area (Å²) >= 11 is 5.73. The van der Waals surface area contributed by atoms with Crippen LogP contribution in [0, 0.1) is 19.7 Å². The number of hydrogen-bond acceptors (Lipinski definition) is 4.